The third-order valence-electron chi connectivity index (χ3n) is 1.74. The molecule has 1 N–H and O–H groups in total. The smallest absolute Gasteiger partial charge is 0.0774 e. The largest absolute Gasteiger partial charge is 0.391 e. The van der Waals surface area contributed by atoms with E-state index in [2.05, 4.69) is 0 Å². The van der Waals surface area contributed by atoms with E-state index in [0.29, 0.717) is 10.0 Å². The van der Waals surface area contributed by atoms with Crippen LogP contribution >= 0.6 is 34.5 Å². The number of thiophene rings is 1. The molecule has 1 heterocycles. The molecular formula is C9H6Cl2OS. The van der Waals surface area contributed by atoms with Crippen molar-refractivity contribution < 1.29 is 5.11 Å². The zero-order valence-corrected chi connectivity index (χ0v) is 8.88. The molecule has 1 aromatic heterocycles. The zero-order chi connectivity index (χ0) is 9.42. The van der Waals surface area contributed by atoms with E-state index in [-0.39, 0.29) is 6.61 Å². The second-order valence-corrected chi connectivity index (χ2v) is 4.66. The number of hydrogen-bond acceptors (Lipinski definition) is 2. The average Bonchev–Trinajstić information content (AvgIpc) is 2.47. The van der Waals surface area contributed by atoms with Gasteiger partial charge in [0.15, 0.2) is 0 Å². The van der Waals surface area contributed by atoms with E-state index in [9.17, 15) is 0 Å². The van der Waals surface area contributed by atoms with Crippen LogP contribution in [-0.4, -0.2) is 5.11 Å². The Hall–Kier alpha value is -0.280. The van der Waals surface area contributed by atoms with E-state index in [1.54, 1.807) is 6.07 Å². The first-order chi connectivity index (χ1) is 6.20. The van der Waals surface area contributed by atoms with Gasteiger partial charge in [-0.25, -0.2) is 0 Å². The molecule has 0 saturated heterocycles. The van der Waals surface area contributed by atoms with Crippen molar-refractivity contribution in [3.63, 3.8) is 0 Å². The predicted octanol–water partition coefficient (Wildman–Crippen LogP) is 3.70. The first kappa shape index (κ1) is 9.28. The van der Waals surface area contributed by atoms with Gasteiger partial charge in [0.2, 0.25) is 0 Å². The minimum absolute atomic E-state index is 0.0489. The summed E-state index contributed by atoms with van der Waals surface area (Å²) in [6, 6.07) is 5.46. The minimum Gasteiger partial charge on any atom is -0.391 e. The molecule has 0 amide bonds. The van der Waals surface area contributed by atoms with Gasteiger partial charge in [0.25, 0.3) is 0 Å². The molecule has 1 nitrogen and oxygen atoms in total. The SMILES string of the molecule is OCc1cc2cc(Cl)cc(Cl)c2s1. The molecule has 2 aromatic rings. The summed E-state index contributed by atoms with van der Waals surface area (Å²) in [5.74, 6) is 0. The summed E-state index contributed by atoms with van der Waals surface area (Å²) in [7, 11) is 0. The molecule has 0 aliphatic heterocycles. The Balaban J connectivity index is 2.75. The van der Waals surface area contributed by atoms with Gasteiger partial charge in [0, 0.05) is 9.90 Å². The quantitative estimate of drug-likeness (QED) is 0.796. The fourth-order valence-electron chi connectivity index (χ4n) is 1.21. The lowest BCUT2D eigenvalue weighted by atomic mass is 10.2. The van der Waals surface area contributed by atoms with Crippen LogP contribution in [0.1, 0.15) is 4.88 Å². The molecule has 0 atom stereocenters. The summed E-state index contributed by atoms with van der Waals surface area (Å²) in [6.45, 7) is 0.0489. The lowest BCUT2D eigenvalue weighted by Gasteiger charge is -1.93. The highest BCUT2D eigenvalue weighted by Gasteiger charge is 2.05. The first-order valence-electron chi connectivity index (χ1n) is 3.69. The average molecular weight is 233 g/mol. The summed E-state index contributed by atoms with van der Waals surface area (Å²) in [4.78, 5) is 0.902. The van der Waals surface area contributed by atoms with Crippen molar-refractivity contribution in [2.24, 2.45) is 0 Å². The Morgan fingerprint density at radius 3 is 2.69 bits per heavy atom. The van der Waals surface area contributed by atoms with Gasteiger partial charge in [-0.1, -0.05) is 23.2 Å². The van der Waals surface area contributed by atoms with E-state index in [1.807, 2.05) is 12.1 Å². The highest BCUT2D eigenvalue weighted by atomic mass is 35.5. The Kier molecular flexibility index (Phi) is 2.47. The Labute approximate surface area is 89.5 Å². The van der Waals surface area contributed by atoms with Gasteiger partial charge in [-0.15, -0.1) is 11.3 Å². The number of rotatable bonds is 1. The predicted molar refractivity (Wildman–Crippen MR) is 57.8 cm³/mol. The van der Waals surface area contributed by atoms with Gasteiger partial charge in [-0.2, -0.15) is 0 Å². The van der Waals surface area contributed by atoms with Crippen molar-refractivity contribution in [2.45, 2.75) is 6.61 Å². The lowest BCUT2D eigenvalue weighted by Crippen LogP contribution is -1.70. The van der Waals surface area contributed by atoms with E-state index in [0.717, 1.165) is 15.0 Å². The maximum absolute atomic E-state index is 8.93. The van der Waals surface area contributed by atoms with E-state index < -0.39 is 0 Å². The molecule has 0 spiro atoms. The van der Waals surface area contributed by atoms with Crippen molar-refractivity contribution in [1.29, 1.82) is 0 Å². The van der Waals surface area contributed by atoms with Crippen LogP contribution in [-0.2, 0) is 6.61 Å². The van der Waals surface area contributed by atoms with Crippen molar-refractivity contribution in [2.75, 3.05) is 0 Å². The van der Waals surface area contributed by atoms with E-state index >= 15 is 0 Å². The maximum Gasteiger partial charge on any atom is 0.0774 e. The van der Waals surface area contributed by atoms with Crippen LogP contribution in [0.5, 0.6) is 0 Å². The molecule has 2 rings (SSSR count). The normalized spacial score (nSPS) is 11.0. The van der Waals surface area contributed by atoms with Gasteiger partial charge in [-0.05, 0) is 23.6 Å². The summed E-state index contributed by atoms with van der Waals surface area (Å²) < 4.78 is 0.982. The third-order valence-corrected chi connectivity index (χ3v) is 3.54. The van der Waals surface area contributed by atoms with Crippen LogP contribution in [0.4, 0.5) is 0 Å². The molecule has 0 aliphatic carbocycles. The topological polar surface area (TPSA) is 20.2 Å². The second kappa shape index (κ2) is 3.46. The number of hydrogen-bond donors (Lipinski definition) is 1. The van der Waals surface area contributed by atoms with Gasteiger partial charge in [0.1, 0.15) is 0 Å². The van der Waals surface area contributed by atoms with E-state index in [4.69, 9.17) is 28.3 Å². The van der Waals surface area contributed by atoms with Crippen LogP contribution in [0.15, 0.2) is 18.2 Å². The highest BCUT2D eigenvalue weighted by Crippen LogP contribution is 2.34. The Bertz CT molecular complexity index is 450. The molecule has 0 bridgehead atoms. The standard InChI is InChI=1S/C9H6Cl2OS/c10-6-1-5-2-7(4-12)13-9(5)8(11)3-6/h1-3,12H,4H2. The van der Waals surface area contributed by atoms with Crippen LogP contribution < -0.4 is 0 Å². The fraction of sp³-hybridized carbons (Fsp3) is 0.111. The molecule has 0 fully saturated rings. The van der Waals surface area contributed by atoms with Crippen molar-refractivity contribution >= 4 is 44.6 Å². The van der Waals surface area contributed by atoms with E-state index in [1.165, 1.54) is 11.3 Å². The molecular weight excluding hydrogens is 227 g/mol. The van der Waals surface area contributed by atoms with Crippen LogP contribution in [0.3, 0.4) is 0 Å². The summed E-state index contributed by atoms with van der Waals surface area (Å²) in [6.07, 6.45) is 0. The van der Waals surface area contributed by atoms with Gasteiger partial charge >= 0.3 is 0 Å². The number of benzene rings is 1. The van der Waals surface area contributed by atoms with Gasteiger partial charge in [-0.3, -0.25) is 0 Å². The van der Waals surface area contributed by atoms with Crippen molar-refractivity contribution in [1.82, 2.24) is 0 Å². The van der Waals surface area contributed by atoms with Crippen LogP contribution in [0, 0.1) is 0 Å². The van der Waals surface area contributed by atoms with Gasteiger partial charge in [0.05, 0.1) is 16.3 Å². The number of aliphatic hydroxyl groups is 1. The monoisotopic (exact) mass is 232 g/mol. The van der Waals surface area contributed by atoms with Gasteiger partial charge < -0.3 is 5.11 Å². The molecule has 0 radical (unpaired) electrons. The maximum atomic E-state index is 8.93. The minimum atomic E-state index is 0.0489. The molecule has 0 aliphatic rings. The third kappa shape index (κ3) is 1.67. The highest BCUT2D eigenvalue weighted by molar-refractivity contribution is 7.19. The molecule has 1 aromatic carbocycles. The molecule has 13 heavy (non-hydrogen) atoms. The number of halogens is 2. The summed E-state index contributed by atoms with van der Waals surface area (Å²) in [5, 5.41) is 11.2. The summed E-state index contributed by atoms with van der Waals surface area (Å²) >= 11 is 13.3. The Morgan fingerprint density at radius 1 is 1.23 bits per heavy atom. The lowest BCUT2D eigenvalue weighted by molar-refractivity contribution is 0.285. The number of fused-ring (bicyclic) bond motifs is 1. The molecule has 68 valence electrons. The fourth-order valence-corrected chi connectivity index (χ4v) is 2.74. The van der Waals surface area contributed by atoms with Crippen LogP contribution in [0.25, 0.3) is 10.1 Å². The second-order valence-electron chi connectivity index (χ2n) is 2.68. The van der Waals surface area contributed by atoms with Crippen molar-refractivity contribution in [3.8, 4) is 0 Å². The first-order valence-corrected chi connectivity index (χ1v) is 5.26. The summed E-state index contributed by atoms with van der Waals surface area (Å²) in [5.41, 5.74) is 0. The molecule has 4 heteroatoms. The number of aliphatic hydroxyl groups excluding tert-OH is 1. The van der Waals surface area contributed by atoms with Crippen molar-refractivity contribution in [3.05, 3.63) is 33.1 Å². The Morgan fingerprint density at radius 2 is 2.00 bits per heavy atom. The van der Waals surface area contributed by atoms with Crippen LogP contribution in [0.2, 0.25) is 10.0 Å². The molecule has 0 saturated carbocycles. The molecule has 0 unspecified atom stereocenters. The zero-order valence-electron chi connectivity index (χ0n) is 6.55.